The van der Waals surface area contributed by atoms with Crippen molar-refractivity contribution in [1.82, 2.24) is 10.2 Å². The molecule has 1 aromatic carbocycles. The molecule has 1 fully saturated rings. The van der Waals surface area contributed by atoms with Crippen LogP contribution in [0.15, 0.2) is 22.7 Å². The summed E-state index contributed by atoms with van der Waals surface area (Å²) in [5.41, 5.74) is 1.17. The Balaban J connectivity index is 1.79. The Hall–Kier alpha value is -0.450. The Morgan fingerprint density at radius 2 is 2.05 bits per heavy atom. The fourth-order valence-electron chi connectivity index (χ4n) is 2.64. The summed E-state index contributed by atoms with van der Waals surface area (Å²) >= 11 is 3.45. The standard InChI is InChI=1S/C16H24BrFN2/c1-12(2)19-10-13-5-7-20(8-6-13)11-14-3-4-15(18)9-16(14)17/h3-4,9,12-13,19H,5-8,10-11H2,1-2H3. The van der Waals surface area contributed by atoms with Gasteiger partial charge < -0.3 is 5.32 Å². The summed E-state index contributed by atoms with van der Waals surface area (Å²) in [5.74, 6) is 0.615. The lowest BCUT2D eigenvalue weighted by atomic mass is 9.96. The minimum Gasteiger partial charge on any atom is -0.314 e. The first kappa shape index (κ1) is 15.9. The van der Waals surface area contributed by atoms with Gasteiger partial charge in [0.2, 0.25) is 0 Å². The van der Waals surface area contributed by atoms with Crippen LogP contribution in [0.4, 0.5) is 4.39 Å². The van der Waals surface area contributed by atoms with E-state index in [2.05, 4.69) is 40.0 Å². The van der Waals surface area contributed by atoms with E-state index in [0.29, 0.717) is 6.04 Å². The van der Waals surface area contributed by atoms with E-state index in [1.165, 1.54) is 18.4 Å². The van der Waals surface area contributed by atoms with E-state index in [9.17, 15) is 4.39 Å². The van der Waals surface area contributed by atoms with E-state index in [-0.39, 0.29) is 5.82 Å². The van der Waals surface area contributed by atoms with E-state index in [4.69, 9.17) is 0 Å². The third-order valence-electron chi connectivity index (χ3n) is 3.93. The number of nitrogens with one attached hydrogen (secondary N) is 1. The molecule has 0 radical (unpaired) electrons. The molecule has 0 spiro atoms. The molecule has 2 rings (SSSR count). The van der Waals surface area contributed by atoms with E-state index in [0.717, 1.165) is 36.6 Å². The molecule has 1 aromatic rings. The zero-order chi connectivity index (χ0) is 14.5. The van der Waals surface area contributed by atoms with Crippen molar-refractivity contribution in [3.63, 3.8) is 0 Å². The number of hydrogen-bond acceptors (Lipinski definition) is 2. The third-order valence-corrected chi connectivity index (χ3v) is 4.67. The third kappa shape index (κ3) is 4.83. The molecule has 1 aliphatic rings. The molecule has 0 bridgehead atoms. The van der Waals surface area contributed by atoms with Crippen molar-refractivity contribution in [3.8, 4) is 0 Å². The minimum absolute atomic E-state index is 0.181. The molecule has 20 heavy (non-hydrogen) atoms. The molecule has 112 valence electrons. The highest BCUT2D eigenvalue weighted by Crippen LogP contribution is 2.23. The van der Waals surface area contributed by atoms with Crippen LogP contribution in [0.1, 0.15) is 32.3 Å². The van der Waals surface area contributed by atoms with Gasteiger partial charge in [-0.3, -0.25) is 4.90 Å². The maximum atomic E-state index is 13.1. The lowest BCUT2D eigenvalue weighted by Crippen LogP contribution is -2.38. The first-order valence-corrected chi connectivity index (χ1v) is 8.23. The van der Waals surface area contributed by atoms with Crippen molar-refractivity contribution < 1.29 is 4.39 Å². The van der Waals surface area contributed by atoms with Gasteiger partial charge >= 0.3 is 0 Å². The van der Waals surface area contributed by atoms with E-state index >= 15 is 0 Å². The highest BCUT2D eigenvalue weighted by Gasteiger charge is 2.19. The number of hydrogen-bond donors (Lipinski definition) is 1. The fourth-order valence-corrected chi connectivity index (χ4v) is 3.12. The molecule has 1 aliphatic heterocycles. The summed E-state index contributed by atoms with van der Waals surface area (Å²) in [4.78, 5) is 2.46. The summed E-state index contributed by atoms with van der Waals surface area (Å²) < 4.78 is 14.0. The SMILES string of the molecule is CC(C)NCC1CCN(Cc2ccc(F)cc2Br)CC1. The van der Waals surface area contributed by atoms with Crippen LogP contribution in [0.25, 0.3) is 0 Å². The monoisotopic (exact) mass is 342 g/mol. The topological polar surface area (TPSA) is 15.3 Å². The Labute approximate surface area is 129 Å². The zero-order valence-corrected chi connectivity index (χ0v) is 13.9. The van der Waals surface area contributed by atoms with Crippen molar-refractivity contribution in [3.05, 3.63) is 34.1 Å². The van der Waals surface area contributed by atoms with Crippen molar-refractivity contribution in [2.75, 3.05) is 19.6 Å². The van der Waals surface area contributed by atoms with Crippen LogP contribution in [0.3, 0.4) is 0 Å². The smallest absolute Gasteiger partial charge is 0.124 e. The number of halogens is 2. The second-order valence-electron chi connectivity index (χ2n) is 6.02. The van der Waals surface area contributed by atoms with Crippen LogP contribution < -0.4 is 5.32 Å². The van der Waals surface area contributed by atoms with Crippen LogP contribution in [0.2, 0.25) is 0 Å². The predicted molar refractivity (Wildman–Crippen MR) is 85.2 cm³/mol. The second-order valence-corrected chi connectivity index (χ2v) is 6.87. The van der Waals surface area contributed by atoms with Crippen LogP contribution in [-0.2, 0) is 6.54 Å². The Kier molecular flexibility index (Phi) is 6.00. The normalized spacial score (nSPS) is 17.9. The van der Waals surface area contributed by atoms with Crippen molar-refractivity contribution in [1.29, 1.82) is 0 Å². The van der Waals surface area contributed by atoms with Gasteiger partial charge in [0.05, 0.1) is 0 Å². The molecule has 1 saturated heterocycles. The lowest BCUT2D eigenvalue weighted by Gasteiger charge is -2.32. The number of benzene rings is 1. The molecule has 0 atom stereocenters. The van der Waals surface area contributed by atoms with Gasteiger partial charge in [0.1, 0.15) is 5.82 Å². The highest BCUT2D eigenvalue weighted by atomic mass is 79.9. The van der Waals surface area contributed by atoms with Gasteiger partial charge in [0, 0.05) is 17.1 Å². The predicted octanol–water partition coefficient (Wildman–Crippen LogP) is 3.80. The average Bonchev–Trinajstić information content (AvgIpc) is 2.41. The van der Waals surface area contributed by atoms with Gasteiger partial charge in [-0.15, -0.1) is 0 Å². The minimum atomic E-state index is -0.181. The van der Waals surface area contributed by atoms with Gasteiger partial charge in [-0.25, -0.2) is 4.39 Å². The molecule has 0 saturated carbocycles. The van der Waals surface area contributed by atoms with Gasteiger partial charge in [0.25, 0.3) is 0 Å². The fraction of sp³-hybridized carbons (Fsp3) is 0.625. The number of rotatable bonds is 5. The number of likely N-dealkylation sites (tertiary alicyclic amines) is 1. The van der Waals surface area contributed by atoms with E-state index in [1.807, 2.05) is 6.07 Å². The summed E-state index contributed by atoms with van der Waals surface area (Å²) in [7, 11) is 0. The summed E-state index contributed by atoms with van der Waals surface area (Å²) in [6.07, 6.45) is 2.50. The second kappa shape index (κ2) is 7.53. The first-order chi connectivity index (χ1) is 9.54. The van der Waals surface area contributed by atoms with Gasteiger partial charge in [0.15, 0.2) is 0 Å². The summed E-state index contributed by atoms with van der Waals surface area (Å²) in [6, 6.07) is 5.54. The van der Waals surface area contributed by atoms with E-state index < -0.39 is 0 Å². The Bertz CT molecular complexity index is 428. The zero-order valence-electron chi connectivity index (χ0n) is 12.3. The molecular formula is C16H24BrFN2. The van der Waals surface area contributed by atoms with Crippen LogP contribution in [0, 0.1) is 11.7 Å². The Morgan fingerprint density at radius 3 is 2.65 bits per heavy atom. The largest absolute Gasteiger partial charge is 0.314 e. The molecule has 0 amide bonds. The maximum absolute atomic E-state index is 13.1. The molecule has 1 N–H and O–H groups in total. The lowest BCUT2D eigenvalue weighted by molar-refractivity contribution is 0.174. The Morgan fingerprint density at radius 1 is 1.35 bits per heavy atom. The molecule has 0 aromatic heterocycles. The van der Waals surface area contributed by atoms with Crippen molar-refractivity contribution in [2.24, 2.45) is 5.92 Å². The maximum Gasteiger partial charge on any atom is 0.124 e. The molecule has 0 unspecified atom stereocenters. The van der Waals surface area contributed by atoms with Gasteiger partial charge in [-0.05, 0) is 56.1 Å². The van der Waals surface area contributed by atoms with Gasteiger partial charge in [-0.1, -0.05) is 35.8 Å². The number of piperidine rings is 1. The van der Waals surface area contributed by atoms with Crippen molar-refractivity contribution >= 4 is 15.9 Å². The van der Waals surface area contributed by atoms with Crippen LogP contribution >= 0.6 is 15.9 Å². The highest BCUT2D eigenvalue weighted by molar-refractivity contribution is 9.10. The van der Waals surface area contributed by atoms with E-state index in [1.54, 1.807) is 12.1 Å². The van der Waals surface area contributed by atoms with Crippen molar-refractivity contribution in [2.45, 2.75) is 39.3 Å². The summed E-state index contributed by atoms with van der Waals surface area (Å²) in [5, 5.41) is 3.53. The summed E-state index contributed by atoms with van der Waals surface area (Å²) in [6.45, 7) is 8.70. The number of nitrogens with zero attached hydrogens (tertiary/aromatic N) is 1. The van der Waals surface area contributed by atoms with Crippen LogP contribution in [-0.4, -0.2) is 30.6 Å². The molecule has 0 aliphatic carbocycles. The molecule has 1 heterocycles. The average molecular weight is 343 g/mol. The molecule has 4 heteroatoms. The first-order valence-electron chi connectivity index (χ1n) is 7.44. The van der Waals surface area contributed by atoms with Gasteiger partial charge in [-0.2, -0.15) is 0 Å². The molecular weight excluding hydrogens is 319 g/mol. The van der Waals surface area contributed by atoms with Crippen LogP contribution in [0.5, 0.6) is 0 Å². The quantitative estimate of drug-likeness (QED) is 0.875. The molecule has 2 nitrogen and oxygen atoms in total.